The Labute approximate surface area is 312 Å². The van der Waals surface area contributed by atoms with Gasteiger partial charge in [0.2, 0.25) is 0 Å². The molecule has 54 heavy (non-hydrogen) atoms. The third-order valence-corrected chi connectivity index (χ3v) is 9.90. The van der Waals surface area contributed by atoms with Crippen LogP contribution in [0.25, 0.3) is 78.0 Å². The highest BCUT2D eigenvalue weighted by Crippen LogP contribution is 2.42. The van der Waals surface area contributed by atoms with Crippen LogP contribution in [0.3, 0.4) is 0 Å². The van der Waals surface area contributed by atoms with Crippen molar-refractivity contribution < 1.29 is 4.42 Å². The minimum Gasteiger partial charge on any atom is -0.456 e. The first-order valence-electron chi connectivity index (χ1n) is 18.0. The lowest BCUT2D eigenvalue weighted by atomic mass is 10.0. The summed E-state index contributed by atoms with van der Waals surface area (Å²) in [7, 11) is 0. The Kier molecular flexibility index (Phi) is 7.73. The van der Waals surface area contributed by atoms with Gasteiger partial charge in [-0.15, -0.1) is 0 Å². The zero-order chi connectivity index (χ0) is 35.8. The van der Waals surface area contributed by atoms with E-state index in [9.17, 15) is 0 Å². The Morgan fingerprint density at radius 1 is 0.370 bits per heavy atom. The second-order valence-corrected chi connectivity index (χ2v) is 13.2. The molecule has 0 saturated heterocycles. The van der Waals surface area contributed by atoms with E-state index in [1.807, 2.05) is 72.8 Å². The fourth-order valence-corrected chi connectivity index (χ4v) is 7.35. The number of aromatic nitrogens is 3. The molecule has 0 N–H and O–H groups in total. The van der Waals surface area contributed by atoms with Gasteiger partial charge < -0.3 is 9.32 Å². The Morgan fingerprint density at radius 2 is 0.944 bits per heavy atom. The Balaban J connectivity index is 1.09. The van der Waals surface area contributed by atoms with Gasteiger partial charge in [-0.25, -0.2) is 15.0 Å². The fraction of sp³-hybridized carbons (Fsp3) is 0. The van der Waals surface area contributed by atoms with Crippen molar-refractivity contribution in [3.8, 4) is 45.3 Å². The summed E-state index contributed by atoms with van der Waals surface area (Å²) in [5, 5.41) is 4.37. The zero-order valence-corrected chi connectivity index (χ0v) is 29.2. The van der Waals surface area contributed by atoms with Crippen molar-refractivity contribution in [1.82, 2.24) is 15.0 Å². The van der Waals surface area contributed by atoms with Crippen molar-refractivity contribution in [3.05, 3.63) is 194 Å². The summed E-state index contributed by atoms with van der Waals surface area (Å²) < 4.78 is 6.59. The first kappa shape index (κ1) is 31.4. The topological polar surface area (TPSA) is 55.1 Å². The summed E-state index contributed by atoms with van der Waals surface area (Å²) in [6.07, 6.45) is 0. The highest BCUT2D eigenvalue weighted by atomic mass is 16.3. The van der Waals surface area contributed by atoms with Crippen molar-refractivity contribution >= 4 is 49.8 Å². The molecule has 0 radical (unpaired) electrons. The fourth-order valence-electron chi connectivity index (χ4n) is 7.35. The smallest absolute Gasteiger partial charge is 0.164 e. The van der Waals surface area contributed by atoms with Crippen LogP contribution in [0, 0.1) is 0 Å². The van der Waals surface area contributed by atoms with Crippen LogP contribution < -0.4 is 4.90 Å². The van der Waals surface area contributed by atoms with Gasteiger partial charge in [0.1, 0.15) is 11.2 Å². The number of nitrogens with zero attached hydrogens (tertiary/aromatic N) is 4. The van der Waals surface area contributed by atoms with Crippen molar-refractivity contribution in [2.45, 2.75) is 0 Å². The highest BCUT2D eigenvalue weighted by Gasteiger charge is 2.19. The highest BCUT2D eigenvalue weighted by molar-refractivity contribution is 6.12. The molecular weight excluding hydrogens is 661 g/mol. The van der Waals surface area contributed by atoms with Crippen molar-refractivity contribution in [2.24, 2.45) is 0 Å². The molecule has 0 saturated carbocycles. The maximum absolute atomic E-state index is 6.59. The molecule has 8 aromatic carbocycles. The van der Waals surface area contributed by atoms with Crippen LogP contribution >= 0.6 is 0 Å². The van der Waals surface area contributed by atoms with Gasteiger partial charge in [0, 0.05) is 44.2 Å². The molecule has 0 unspecified atom stereocenters. The van der Waals surface area contributed by atoms with Crippen molar-refractivity contribution in [1.29, 1.82) is 0 Å². The summed E-state index contributed by atoms with van der Waals surface area (Å²) >= 11 is 0. The number of hydrogen-bond acceptors (Lipinski definition) is 5. The van der Waals surface area contributed by atoms with Crippen molar-refractivity contribution in [2.75, 3.05) is 4.90 Å². The van der Waals surface area contributed by atoms with Crippen LogP contribution in [0.2, 0.25) is 0 Å². The van der Waals surface area contributed by atoms with Gasteiger partial charge in [0.15, 0.2) is 17.5 Å². The van der Waals surface area contributed by atoms with E-state index in [1.54, 1.807) is 0 Å². The summed E-state index contributed by atoms with van der Waals surface area (Å²) in [6.45, 7) is 0. The van der Waals surface area contributed by atoms with Gasteiger partial charge in [0.05, 0.1) is 5.69 Å². The second kappa shape index (κ2) is 13.3. The van der Waals surface area contributed by atoms with Crippen LogP contribution in [0.5, 0.6) is 0 Å². The minimum absolute atomic E-state index is 0.599. The Bertz CT molecular complexity index is 2880. The number of anilines is 3. The van der Waals surface area contributed by atoms with E-state index in [4.69, 9.17) is 19.4 Å². The SMILES string of the molecule is c1ccc(-c2nc(-c3ccccc3)nc(-c3cccc4oc5cc(-c6cccc(N(c7ccccc7)c7cccc8ccccc78)c6)ccc5c34)n2)cc1. The molecule has 10 rings (SSSR count). The lowest BCUT2D eigenvalue weighted by molar-refractivity contribution is 0.669. The molecule has 254 valence electrons. The normalized spacial score (nSPS) is 11.3. The number of furan rings is 1. The first-order chi connectivity index (χ1) is 26.8. The molecule has 0 bridgehead atoms. The number of hydrogen-bond donors (Lipinski definition) is 0. The van der Waals surface area contributed by atoms with E-state index in [-0.39, 0.29) is 0 Å². The molecule has 2 aromatic heterocycles. The van der Waals surface area contributed by atoms with Crippen LogP contribution in [-0.4, -0.2) is 15.0 Å². The molecule has 0 amide bonds. The van der Waals surface area contributed by atoms with Crippen molar-refractivity contribution in [3.63, 3.8) is 0 Å². The van der Waals surface area contributed by atoms with Gasteiger partial charge in [-0.2, -0.15) is 0 Å². The predicted octanol–water partition coefficient (Wildman–Crippen LogP) is 13.1. The van der Waals surface area contributed by atoms with E-state index in [2.05, 4.69) is 126 Å². The largest absolute Gasteiger partial charge is 0.456 e. The van der Waals surface area contributed by atoms with E-state index < -0.39 is 0 Å². The summed E-state index contributed by atoms with van der Waals surface area (Å²) in [5.74, 6) is 1.85. The standard InChI is InChI=1S/C49H32N4O/c1-4-16-34(17-5-1)47-50-48(35-18-6-2-7-19-35)52-49(51-47)42-26-14-28-44-46(42)41-30-29-37(32-45(41)54-44)36-21-12-24-39(31-36)53(38-22-8-3-9-23-38)43-27-13-20-33-15-10-11-25-40(33)43/h1-32H. The predicted molar refractivity (Wildman–Crippen MR) is 221 cm³/mol. The average Bonchev–Trinajstić information content (AvgIpc) is 3.63. The zero-order valence-electron chi connectivity index (χ0n) is 29.2. The Hall–Kier alpha value is -7.37. The van der Waals surface area contributed by atoms with Gasteiger partial charge in [-0.05, 0) is 65.0 Å². The minimum atomic E-state index is 0.599. The lowest BCUT2D eigenvalue weighted by Crippen LogP contribution is -2.10. The van der Waals surface area contributed by atoms with Gasteiger partial charge in [-0.1, -0.05) is 146 Å². The molecule has 2 heterocycles. The molecule has 0 aliphatic rings. The molecule has 0 fully saturated rings. The maximum Gasteiger partial charge on any atom is 0.164 e. The second-order valence-electron chi connectivity index (χ2n) is 13.2. The molecule has 0 atom stereocenters. The van der Waals surface area contributed by atoms with Crippen LogP contribution in [0.1, 0.15) is 0 Å². The Morgan fingerprint density at radius 3 is 1.70 bits per heavy atom. The lowest BCUT2D eigenvalue weighted by Gasteiger charge is -2.27. The molecule has 0 aliphatic carbocycles. The van der Waals surface area contributed by atoms with Gasteiger partial charge in [-0.3, -0.25) is 0 Å². The monoisotopic (exact) mass is 692 g/mol. The molecule has 5 nitrogen and oxygen atoms in total. The van der Waals surface area contributed by atoms with E-state index in [1.165, 1.54) is 10.8 Å². The van der Waals surface area contributed by atoms with Gasteiger partial charge in [0.25, 0.3) is 0 Å². The third kappa shape index (κ3) is 5.65. The molecule has 5 heteroatoms. The average molecular weight is 693 g/mol. The molecule has 0 aliphatic heterocycles. The quantitative estimate of drug-likeness (QED) is 0.166. The molecule has 0 spiro atoms. The number of fused-ring (bicyclic) bond motifs is 4. The number of para-hydroxylation sites is 1. The summed E-state index contributed by atoms with van der Waals surface area (Å²) in [6, 6.07) is 67.0. The van der Waals surface area contributed by atoms with E-state index in [0.29, 0.717) is 17.5 Å². The first-order valence-corrected chi connectivity index (χ1v) is 18.0. The number of benzene rings is 8. The van der Waals surface area contributed by atoms with E-state index in [0.717, 1.165) is 66.8 Å². The third-order valence-electron chi connectivity index (χ3n) is 9.90. The van der Waals surface area contributed by atoms with Gasteiger partial charge >= 0.3 is 0 Å². The van der Waals surface area contributed by atoms with Crippen LogP contribution in [-0.2, 0) is 0 Å². The molecule has 10 aromatic rings. The van der Waals surface area contributed by atoms with Crippen LogP contribution in [0.4, 0.5) is 17.1 Å². The van der Waals surface area contributed by atoms with E-state index >= 15 is 0 Å². The summed E-state index contributed by atoms with van der Waals surface area (Å²) in [4.78, 5) is 17.3. The number of rotatable bonds is 7. The summed E-state index contributed by atoms with van der Waals surface area (Å²) in [5.41, 5.74) is 9.78. The van der Waals surface area contributed by atoms with Crippen LogP contribution in [0.15, 0.2) is 199 Å². The molecular formula is C49H32N4O. The maximum atomic E-state index is 6.59.